The van der Waals surface area contributed by atoms with E-state index in [1.807, 2.05) is 65.6 Å². The molecule has 1 amide bonds. The zero-order valence-corrected chi connectivity index (χ0v) is 16.9. The van der Waals surface area contributed by atoms with Crippen molar-refractivity contribution in [2.24, 2.45) is 0 Å². The third kappa shape index (κ3) is 5.26. The zero-order chi connectivity index (χ0) is 19.9. The normalized spacial score (nSPS) is 14.5. The number of thioether (sulfide) groups is 1. The highest BCUT2D eigenvalue weighted by molar-refractivity contribution is 7.99. The van der Waals surface area contributed by atoms with Crippen molar-refractivity contribution in [3.8, 4) is 0 Å². The Morgan fingerprint density at radius 3 is 2.38 bits per heavy atom. The molecule has 29 heavy (non-hydrogen) atoms. The third-order valence-electron chi connectivity index (χ3n) is 4.79. The molecule has 7 heteroatoms. The van der Waals surface area contributed by atoms with Crippen molar-refractivity contribution in [2.75, 3.05) is 36.8 Å². The molecule has 1 aliphatic heterocycles. The minimum Gasteiger partial charge on any atom is -0.368 e. The molecule has 4 rings (SSSR count). The minimum atomic E-state index is 0.133. The van der Waals surface area contributed by atoms with E-state index in [2.05, 4.69) is 32.2 Å². The average Bonchev–Trinajstić information content (AvgIpc) is 3.25. The smallest absolute Gasteiger partial charge is 0.233 e. The number of amides is 1. The van der Waals surface area contributed by atoms with Crippen LogP contribution in [-0.2, 0) is 4.79 Å². The number of anilines is 1. The fraction of sp³-hybridized carbons (Fsp3) is 0.227. The average molecular weight is 406 g/mol. The molecule has 1 N–H and O–H groups in total. The lowest BCUT2D eigenvalue weighted by atomic mass is 10.2. The molecule has 1 saturated heterocycles. The van der Waals surface area contributed by atoms with Gasteiger partial charge in [0.1, 0.15) is 5.82 Å². The van der Waals surface area contributed by atoms with Crippen LogP contribution in [0.5, 0.6) is 0 Å². The lowest BCUT2D eigenvalue weighted by Gasteiger charge is -2.36. The molecule has 2 aromatic carbocycles. The van der Waals surface area contributed by atoms with Gasteiger partial charge in [0.25, 0.3) is 0 Å². The number of hydrogen-bond acceptors (Lipinski definition) is 5. The van der Waals surface area contributed by atoms with Gasteiger partial charge in [-0.2, -0.15) is 0 Å². The molecule has 3 aromatic rings. The number of carbonyl (C=O) groups is 1. The largest absolute Gasteiger partial charge is 0.368 e. The third-order valence-corrected chi connectivity index (χ3v) is 5.63. The zero-order valence-electron chi connectivity index (χ0n) is 16.1. The SMILES string of the molecule is O=C(CSc1n[nH]c(/C=C/c2ccccc2)n1)N1CCN(c2ccccc2)CC1. The van der Waals surface area contributed by atoms with E-state index in [-0.39, 0.29) is 5.91 Å². The van der Waals surface area contributed by atoms with Crippen LogP contribution >= 0.6 is 11.8 Å². The Bertz CT molecular complexity index is 950. The highest BCUT2D eigenvalue weighted by atomic mass is 32.2. The first kappa shape index (κ1) is 19.3. The van der Waals surface area contributed by atoms with Crippen LogP contribution < -0.4 is 4.90 Å². The molecule has 2 heterocycles. The van der Waals surface area contributed by atoms with Gasteiger partial charge in [0.15, 0.2) is 0 Å². The monoisotopic (exact) mass is 405 g/mol. The van der Waals surface area contributed by atoms with E-state index in [9.17, 15) is 4.79 Å². The van der Waals surface area contributed by atoms with Crippen molar-refractivity contribution in [3.05, 3.63) is 72.1 Å². The van der Waals surface area contributed by atoms with Crippen molar-refractivity contribution in [1.29, 1.82) is 0 Å². The molecule has 0 bridgehead atoms. The van der Waals surface area contributed by atoms with E-state index in [4.69, 9.17) is 0 Å². The van der Waals surface area contributed by atoms with Crippen LogP contribution in [0.3, 0.4) is 0 Å². The molecular formula is C22H23N5OS. The van der Waals surface area contributed by atoms with Gasteiger partial charge in [0.05, 0.1) is 5.75 Å². The molecule has 0 radical (unpaired) electrons. The lowest BCUT2D eigenvalue weighted by molar-refractivity contribution is -0.128. The van der Waals surface area contributed by atoms with E-state index in [1.54, 1.807) is 0 Å². The summed E-state index contributed by atoms with van der Waals surface area (Å²) in [6.45, 7) is 3.20. The molecule has 148 valence electrons. The Labute approximate surface area is 174 Å². The van der Waals surface area contributed by atoms with Gasteiger partial charge < -0.3 is 9.80 Å². The van der Waals surface area contributed by atoms with Crippen LogP contribution in [0, 0.1) is 0 Å². The highest BCUT2D eigenvalue weighted by Gasteiger charge is 2.21. The molecule has 0 spiro atoms. The van der Waals surface area contributed by atoms with Crippen LogP contribution in [0.1, 0.15) is 11.4 Å². The van der Waals surface area contributed by atoms with Crippen molar-refractivity contribution in [1.82, 2.24) is 20.1 Å². The van der Waals surface area contributed by atoms with E-state index < -0.39 is 0 Å². The van der Waals surface area contributed by atoms with E-state index in [0.29, 0.717) is 16.7 Å². The Kier molecular flexibility index (Phi) is 6.26. The number of hydrogen-bond donors (Lipinski definition) is 1. The quantitative estimate of drug-likeness (QED) is 0.637. The number of rotatable bonds is 6. The Hall–Kier alpha value is -3.06. The summed E-state index contributed by atoms with van der Waals surface area (Å²) < 4.78 is 0. The summed E-state index contributed by atoms with van der Waals surface area (Å²) in [5.74, 6) is 1.17. The molecule has 6 nitrogen and oxygen atoms in total. The second-order valence-electron chi connectivity index (χ2n) is 6.74. The molecular weight excluding hydrogens is 382 g/mol. The summed E-state index contributed by atoms with van der Waals surface area (Å²) in [4.78, 5) is 21.2. The highest BCUT2D eigenvalue weighted by Crippen LogP contribution is 2.18. The molecule has 0 saturated carbocycles. The molecule has 1 aromatic heterocycles. The van der Waals surface area contributed by atoms with Gasteiger partial charge in [-0.15, -0.1) is 5.10 Å². The number of benzene rings is 2. The molecule has 1 aliphatic rings. The van der Waals surface area contributed by atoms with E-state index in [1.165, 1.54) is 17.4 Å². The summed E-state index contributed by atoms with van der Waals surface area (Å²) in [7, 11) is 0. The van der Waals surface area contributed by atoms with Gasteiger partial charge in [-0.3, -0.25) is 9.89 Å². The summed E-state index contributed by atoms with van der Waals surface area (Å²) in [5, 5.41) is 7.69. The van der Waals surface area contributed by atoms with Gasteiger partial charge in [-0.25, -0.2) is 4.98 Å². The number of nitrogens with zero attached hydrogens (tertiary/aromatic N) is 4. The maximum Gasteiger partial charge on any atom is 0.233 e. The second-order valence-corrected chi connectivity index (χ2v) is 7.68. The number of nitrogens with one attached hydrogen (secondary N) is 1. The van der Waals surface area contributed by atoms with Gasteiger partial charge in [-0.1, -0.05) is 66.4 Å². The van der Waals surface area contributed by atoms with E-state index >= 15 is 0 Å². The van der Waals surface area contributed by atoms with Gasteiger partial charge in [0.2, 0.25) is 11.1 Å². The number of piperazine rings is 1. The van der Waals surface area contributed by atoms with Gasteiger partial charge >= 0.3 is 0 Å². The predicted molar refractivity (Wildman–Crippen MR) is 118 cm³/mol. The van der Waals surface area contributed by atoms with E-state index in [0.717, 1.165) is 31.7 Å². The summed E-state index contributed by atoms with van der Waals surface area (Å²) in [6.07, 6.45) is 3.86. The maximum absolute atomic E-state index is 12.5. The Balaban J connectivity index is 1.24. The fourth-order valence-corrected chi connectivity index (χ4v) is 3.92. The summed E-state index contributed by atoms with van der Waals surface area (Å²) in [6, 6.07) is 20.4. The van der Waals surface area contributed by atoms with Crippen molar-refractivity contribution in [2.45, 2.75) is 5.16 Å². The Morgan fingerprint density at radius 2 is 1.66 bits per heavy atom. The second kappa shape index (κ2) is 9.43. The lowest BCUT2D eigenvalue weighted by Crippen LogP contribution is -2.49. The first-order chi connectivity index (χ1) is 14.3. The number of para-hydroxylation sites is 1. The fourth-order valence-electron chi connectivity index (χ4n) is 3.21. The van der Waals surface area contributed by atoms with Crippen molar-refractivity contribution >= 4 is 35.5 Å². The summed E-state index contributed by atoms with van der Waals surface area (Å²) >= 11 is 1.37. The van der Waals surface area contributed by atoms with Crippen LogP contribution in [0.25, 0.3) is 12.2 Å². The number of aromatic amines is 1. The molecule has 0 unspecified atom stereocenters. The molecule has 0 atom stereocenters. The van der Waals surface area contributed by atoms with Crippen LogP contribution in [-0.4, -0.2) is 57.9 Å². The first-order valence-electron chi connectivity index (χ1n) is 9.64. The first-order valence-corrected chi connectivity index (χ1v) is 10.6. The van der Waals surface area contributed by atoms with Crippen molar-refractivity contribution in [3.63, 3.8) is 0 Å². The topological polar surface area (TPSA) is 65.1 Å². The maximum atomic E-state index is 12.5. The summed E-state index contributed by atoms with van der Waals surface area (Å²) in [5.41, 5.74) is 2.31. The van der Waals surface area contributed by atoms with Crippen LogP contribution in [0.15, 0.2) is 65.8 Å². The van der Waals surface area contributed by atoms with Gasteiger partial charge in [-0.05, 0) is 23.8 Å². The number of H-pyrrole nitrogens is 1. The van der Waals surface area contributed by atoms with Crippen LogP contribution in [0.4, 0.5) is 5.69 Å². The number of carbonyl (C=O) groups excluding carboxylic acids is 1. The van der Waals surface area contributed by atoms with Gasteiger partial charge in [0, 0.05) is 31.9 Å². The Morgan fingerprint density at radius 1 is 0.966 bits per heavy atom. The minimum absolute atomic E-state index is 0.133. The van der Waals surface area contributed by atoms with Crippen LogP contribution in [0.2, 0.25) is 0 Å². The number of aromatic nitrogens is 3. The molecule has 1 fully saturated rings. The predicted octanol–water partition coefficient (Wildman–Crippen LogP) is 3.42. The molecule has 0 aliphatic carbocycles. The standard InChI is InChI=1S/C22H23N5OS/c28-21(27-15-13-26(14-16-27)19-9-5-2-6-10-19)17-29-22-23-20(24-25-22)12-11-18-7-3-1-4-8-18/h1-12H,13-17H2,(H,23,24,25)/b12-11+. The van der Waals surface area contributed by atoms with Crippen molar-refractivity contribution < 1.29 is 4.79 Å².